The molecule has 1 saturated carbocycles. The molecule has 2 aromatic carbocycles. The third-order valence-corrected chi connectivity index (χ3v) is 8.36. The fourth-order valence-corrected chi connectivity index (χ4v) is 6.59. The fraction of sp³-hybridized carbons (Fsp3) is 0.217. The zero-order valence-electron chi connectivity index (χ0n) is 18.3. The summed E-state index contributed by atoms with van der Waals surface area (Å²) in [5.41, 5.74) is 8.72. The highest BCUT2D eigenvalue weighted by atomic mass is 32.2. The summed E-state index contributed by atoms with van der Waals surface area (Å²) in [6, 6.07) is 9.32. The Morgan fingerprint density at radius 1 is 1.11 bits per heavy atom. The first-order valence-corrected chi connectivity index (χ1v) is 13.3. The van der Waals surface area contributed by atoms with Gasteiger partial charge in [0.1, 0.15) is 39.5 Å². The van der Waals surface area contributed by atoms with Crippen molar-refractivity contribution in [2.24, 2.45) is 0 Å². The van der Waals surface area contributed by atoms with Gasteiger partial charge < -0.3 is 10.3 Å². The highest BCUT2D eigenvalue weighted by molar-refractivity contribution is 7.93. The summed E-state index contributed by atoms with van der Waals surface area (Å²) in [4.78, 5) is 8.53. The van der Waals surface area contributed by atoms with Crippen molar-refractivity contribution in [3.63, 3.8) is 0 Å². The number of rotatable bonds is 5. The lowest BCUT2D eigenvalue weighted by Crippen LogP contribution is -2.14. The molecule has 3 heterocycles. The molecule has 0 amide bonds. The van der Waals surface area contributed by atoms with Gasteiger partial charge in [-0.3, -0.25) is 4.72 Å². The lowest BCUT2D eigenvalue weighted by molar-refractivity contribution is 0.532. The van der Waals surface area contributed by atoms with Crippen molar-refractivity contribution in [1.29, 1.82) is 0 Å². The van der Waals surface area contributed by atoms with Crippen molar-refractivity contribution in [2.75, 3.05) is 10.5 Å². The van der Waals surface area contributed by atoms with Crippen molar-refractivity contribution in [3.05, 3.63) is 54.7 Å². The Labute approximate surface area is 204 Å². The summed E-state index contributed by atoms with van der Waals surface area (Å²) in [6.45, 7) is 0. The van der Waals surface area contributed by atoms with Gasteiger partial charge >= 0.3 is 0 Å². The molecule has 9 nitrogen and oxygen atoms in total. The van der Waals surface area contributed by atoms with Crippen LogP contribution in [0.5, 0.6) is 0 Å². The van der Waals surface area contributed by atoms with Gasteiger partial charge in [0.05, 0.1) is 22.8 Å². The second-order valence-corrected chi connectivity index (χ2v) is 10.7. The van der Waals surface area contributed by atoms with E-state index >= 15 is 4.39 Å². The summed E-state index contributed by atoms with van der Waals surface area (Å²) >= 11 is 0.916. The maximum atomic E-state index is 15.2. The fourth-order valence-electron chi connectivity index (χ4n) is 4.75. The van der Waals surface area contributed by atoms with Crippen LogP contribution >= 0.6 is 11.7 Å². The van der Waals surface area contributed by atoms with Crippen LogP contribution in [0, 0.1) is 5.82 Å². The number of halogens is 1. The van der Waals surface area contributed by atoms with E-state index in [1.165, 1.54) is 24.5 Å². The molecule has 3 N–H and O–H groups in total. The molecule has 1 fully saturated rings. The lowest BCUT2D eigenvalue weighted by Gasteiger charge is -2.12. The Balaban J connectivity index is 1.39. The van der Waals surface area contributed by atoms with Gasteiger partial charge in [-0.15, -0.1) is 0 Å². The van der Waals surface area contributed by atoms with Gasteiger partial charge in [0.15, 0.2) is 0 Å². The number of benzene rings is 2. The van der Waals surface area contributed by atoms with Crippen LogP contribution in [0.15, 0.2) is 53.8 Å². The summed E-state index contributed by atoms with van der Waals surface area (Å²) in [7, 11) is -4.09. The van der Waals surface area contributed by atoms with Crippen molar-refractivity contribution in [2.45, 2.75) is 36.6 Å². The monoisotopic (exact) mass is 509 g/mol. The number of nitrogens with zero attached hydrogens (tertiary/aromatic N) is 5. The zero-order valence-corrected chi connectivity index (χ0v) is 20.0. The van der Waals surface area contributed by atoms with Gasteiger partial charge in [0.2, 0.25) is 0 Å². The second kappa shape index (κ2) is 8.24. The molecule has 0 aliphatic heterocycles. The molecule has 1 aliphatic rings. The molecule has 178 valence electrons. The largest absolute Gasteiger partial charge is 0.383 e. The van der Waals surface area contributed by atoms with Gasteiger partial charge in [-0.2, -0.15) is 8.75 Å². The van der Waals surface area contributed by atoms with Crippen molar-refractivity contribution in [1.82, 2.24) is 23.3 Å². The molecule has 35 heavy (non-hydrogen) atoms. The number of nitrogens with one attached hydrogen (secondary N) is 1. The maximum absolute atomic E-state index is 15.2. The molecule has 0 bridgehead atoms. The van der Waals surface area contributed by atoms with Crippen molar-refractivity contribution >= 4 is 55.3 Å². The molecule has 0 radical (unpaired) electrons. The Morgan fingerprint density at radius 3 is 2.74 bits per heavy atom. The van der Waals surface area contributed by atoms with E-state index in [-0.39, 0.29) is 16.1 Å². The summed E-state index contributed by atoms with van der Waals surface area (Å²) in [6.07, 6.45) is 7.76. The molecule has 0 atom stereocenters. The van der Waals surface area contributed by atoms with E-state index in [9.17, 15) is 8.42 Å². The molecule has 12 heteroatoms. The normalized spacial score (nSPS) is 14.8. The number of nitrogens with two attached hydrogens (primary N) is 1. The number of fused-ring (bicyclic) bond motifs is 2. The maximum Gasteiger partial charge on any atom is 0.264 e. The Kier molecular flexibility index (Phi) is 5.15. The lowest BCUT2D eigenvalue weighted by atomic mass is 10.1. The van der Waals surface area contributed by atoms with E-state index in [2.05, 4.69) is 28.0 Å². The second-order valence-electron chi connectivity index (χ2n) is 8.53. The van der Waals surface area contributed by atoms with Gasteiger partial charge in [-0.25, -0.2) is 22.8 Å². The van der Waals surface area contributed by atoms with Crippen LogP contribution < -0.4 is 10.5 Å². The third-order valence-electron chi connectivity index (χ3n) is 6.42. The van der Waals surface area contributed by atoms with Crippen LogP contribution in [0.3, 0.4) is 0 Å². The number of anilines is 2. The zero-order chi connectivity index (χ0) is 24.2. The number of sulfonamides is 1. The van der Waals surface area contributed by atoms with E-state index in [1.54, 1.807) is 18.2 Å². The third kappa shape index (κ3) is 3.69. The van der Waals surface area contributed by atoms with Crippen LogP contribution in [0.25, 0.3) is 33.2 Å². The quantitative estimate of drug-likeness (QED) is 0.350. The molecule has 5 aromatic rings. The van der Waals surface area contributed by atoms with E-state index < -0.39 is 15.8 Å². The average molecular weight is 510 g/mol. The topological polar surface area (TPSA) is 129 Å². The van der Waals surface area contributed by atoms with Crippen LogP contribution in [0.2, 0.25) is 0 Å². The van der Waals surface area contributed by atoms with E-state index in [1.807, 2.05) is 6.20 Å². The molecule has 0 saturated heterocycles. The van der Waals surface area contributed by atoms with E-state index in [0.717, 1.165) is 43.1 Å². The Morgan fingerprint density at radius 2 is 1.94 bits per heavy atom. The summed E-state index contributed by atoms with van der Waals surface area (Å²) in [5.74, 6) is -0.399. The highest BCUT2D eigenvalue weighted by Crippen LogP contribution is 2.39. The summed E-state index contributed by atoms with van der Waals surface area (Å²) in [5, 5.41) is 0.662. The number of aromatic nitrogens is 5. The minimum atomic E-state index is -4.09. The van der Waals surface area contributed by atoms with Crippen LogP contribution in [0.1, 0.15) is 31.7 Å². The molecular weight excluding hydrogens is 489 g/mol. The molecule has 0 spiro atoms. The first kappa shape index (κ1) is 21.9. The molecular formula is C23H20FN7O2S2. The molecule has 6 rings (SSSR count). The summed E-state index contributed by atoms with van der Waals surface area (Å²) < 4.78 is 53.8. The minimum Gasteiger partial charge on any atom is -0.383 e. The van der Waals surface area contributed by atoms with Crippen LogP contribution in [0.4, 0.5) is 15.9 Å². The van der Waals surface area contributed by atoms with Crippen molar-refractivity contribution in [3.8, 4) is 11.1 Å². The standard InChI is InChI=1S/C23H20FN7O2S2/c24-16-10-13(15-11-31(14-4-1-2-5-14)23-20(15)22(25)26-12-27-23)8-9-17(16)30-35(32,33)19-7-3-6-18-21(19)29-34-28-18/h3,6-12,14,30H,1-2,4-5H2,(H2,25,26,27). The number of hydrogen-bond donors (Lipinski definition) is 2. The number of hydrogen-bond acceptors (Lipinski definition) is 8. The highest BCUT2D eigenvalue weighted by Gasteiger charge is 2.24. The predicted octanol–water partition coefficient (Wildman–Crippen LogP) is 4.74. The average Bonchev–Trinajstić information content (AvgIpc) is 3.59. The van der Waals surface area contributed by atoms with Crippen LogP contribution in [-0.4, -0.2) is 31.7 Å². The van der Waals surface area contributed by atoms with E-state index in [4.69, 9.17) is 5.73 Å². The molecule has 3 aromatic heterocycles. The Hall–Kier alpha value is -3.64. The predicted molar refractivity (Wildman–Crippen MR) is 133 cm³/mol. The van der Waals surface area contributed by atoms with E-state index in [0.29, 0.717) is 33.9 Å². The SMILES string of the molecule is Nc1ncnc2c1c(-c1ccc(NS(=O)(=O)c3cccc4nsnc34)c(F)c1)cn2C1CCCC1. The van der Waals surface area contributed by atoms with Gasteiger partial charge in [-0.1, -0.05) is 25.0 Å². The molecule has 1 aliphatic carbocycles. The molecule has 0 unspecified atom stereocenters. The first-order valence-electron chi connectivity index (χ1n) is 11.1. The van der Waals surface area contributed by atoms with Crippen LogP contribution in [-0.2, 0) is 10.0 Å². The Bertz CT molecular complexity index is 1690. The van der Waals surface area contributed by atoms with Gasteiger partial charge in [0, 0.05) is 17.8 Å². The van der Waals surface area contributed by atoms with Gasteiger partial charge in [-0.05, 0) is 42.7 Å². The van der Waals surface area contributed by atoms with Gasteiger partial charge in [0.25, 0.3) is 10.0 Å². The first-order chi connectivity index (χ1) is 16.9. The van der Waals surface area contributed by atoms with Crippen molar-refractivity contribution < 1.29 is 12.8 Å². The minimum absolute atomic E-state index is 0.0585. The smallest absolute Gasteiger partial charge is 0.264 e. The number of nitrogen functional groups attached to an aromatic ring is 1.